The lowest BCUT2D eigenvalue weighted by Gasteiger charge is -2.19. The van der Waals surface area contributed by atoms with Crippen LogP contribution in [0.4, 0.5) is 0 Å². The van der Waals surface area contributed by atoms with E-state index in [0.29, 0.717) is 18.3 Å². The van der Waals surface area contributed by atoms with Crippen LogP contribution < -0.4 is 0 Å². The molecule has 0 aromatic rings. The van der Waals surface area contributed by atoms with Gasteiger partial charge < -0.3 is 14.9 Å². The predicted molar refractivity (Wildman–Crippen MR) is 104 cm³/mol. The van der Waals surface area contributed by atoms with E-state index in [-0.39, 0.29) is 24.1 Å². The minimum absolute atomic E-state index is 0.131. The number of hydrogen-bond donors (Lipinski definition) is 2. The Kier molecular flexibility index (Phi) is 8.86. The van der Waals surface area contributed by atoms with Crippen molar-refractivity contribution in [2.24, 2.45) is 17.8 Å². The third-order valence-corrected chi connectivity index (χ3v) is 5.97. The predicted octanol–water partition coefficient (Wildman–Crippen LogP) is 4.16. The number of fused-ring (bicyclic) bond motifs is 1. The molecule has 2 rings (SSSR count). The van der Waals surface area contributed by atoms with E-state index in [0.717, 1.165) is 57.8 Å². The van der Waals surface area contributed by atoms with Crippen molar-refractivity contribution in [2.75, 3.05) is 7.11 Å². The SMILES string of the molecule is CCCCC[C@H](O)C=C[C@H]1[C@@H]2CC(CCCCC(=O)OC)=C[C@@H]2C[C@@H]1O. The van der Waals surface area contributed by atoms with Crippen LogP contribution >= 0.6 is 0 Å². The molecule has 26 heavy (non-hydrogen) atoms. The third-order valence-electron chi connectivity index (χ3n) is 5.97. The molecule has 5 atom stereocenters. The van der Waals surface area contributed by atoms with Crippen LogP contribution in [0.5, 0.6) is 0 Å². The summed E-state index contributed by atoms with van der Waals surface area (Å²) in [7, 11) is 1.43. The molecule has 0 aromatic carbocycles. The molecule has 4 nitrogen and oxygen atoms in total. The standard InChI is InChI=1S/C22H36O4/c1-3-4-5-9-18(23)11-12-19-20-14-16(13-17(20)15-21(19)24)8-6-7-10-22(25)26-2/h11-13,17-21,23-24H,3-10,14-15H2,1-2H3/t17-,18+,19+,20-,21+/m1/s1. The van der Waals surface area contributed by atoms with Crippen molar-refractivity contribution in [1.29, 1.82) is 0 Å². The summed E-state index contributed by atoms with van der Waals surface area (Å²) in [6.45, 7) is 2.16. The number of methoxy groups -OCH3 is 1. The first kappa shape index (κ1) is 21.2. The van der Waals surface area contributed by atoms with Gasteiger partial charge in [0, 0.05) is 12.3 Å². The maximum absolute atomic E-state index is 11.2. The molecule has 0 saturated heterocycles. The molecule has 0 heterocycles. The van der Waals surface area contributed by atoms with Gasteiger partial charge in [0.1, 0.15) is 0 Å². The highest BCUT2D eigenvalue weighted by Crippen LogP contribution is 2.48. The third kappa shape index (κ3) is 6.24. The average Bonchev–Trinajstić information content (AvgIpc) is 3.13. The van der Waals surface area contributed by atoms with E-state index in [2.05, 4.69) is 23.8 Å². The van der Waals surface area contributed by atoms with E-state index in [4.69, 9.17) is 0 Å². The monoisotopic (exact) mass is 364 g/mol. The second kappa shape index (κ2) is 10.9. The zero-order valence-corrected chi connectivity index (χ0v) is 16.4. The molecule has 0 aromatic heterocycles. The van der Waals surface area contributed by atoms with Crippen molar-refractivity contribution >= 4 is 5.97 Å². The molecule has 0 aliphatic heterocycles. The highest BCUT2D eigenvalue weighted by Gasteiger charge is 2.43. The van der Waals surface area contributed by atoms with Crippen LogP contribution in [0.25, 0.3) is 0 Å². The Balaban J connectivity index is 1.76. The number of rotatable bonds is 11. The van der Waals surface area contributed by atoms with E-state index in [1.165, 1.54) is 12.7 Å². The van der Waals surface area contributed by atoms with Gasteiger partial charge in [0.15, 0.2) is 0 Å². The zero-order chi connectivity index (χ0) is 18.9. The minimum Gasteiger partial charge on any atom is -0.469 e. The van der Waals surface area contributed by atoms with Gasteiger partial charge in [-0.3, -0.25) is 4.79 Å². The van der Waals surface area contributed by atoms with E-state index in [9.17, 15) is 15.0 Å². The average molecular weight is 365 g/mol. The van der Waals surface area contributed by atoms with Gasteiger partial charge in [0.25, 0.3) is 0 Å². The Bertz CT molecular complexity index is 496. The molecule has 1 saturated carbocycles. The van der Waals surface area contributed by atoms with Gasteiger partial charge in [0.05, 0.1) is 19.3 Å². The van der Waals surface area contributed by atoms with Crippen LogP contribution in [0.3, 0.4) is 0 Å². The Morgan fingerprint density at radius 2 is 2.15 bits per heavy atom. The Hall–Kier alpha value is -1.13. The van der Waals surface area contributed by atoms with Crippen molar-refractivity contribution in [3.8, 4) is 0 Å². The summed E-state index contributed by atoms with van der Waals surface area (Å²) < 4.78 is 4.68. The number of aliphatic hydroxyl groups is 2. The van der Waals surface area contributed by atoms with Crippen LogP contribution in [0.2, 0.25) is 0 Å². The minimum atomic E-state index is -0.389. The van der Waals surface area contributed by atoms with Gasteiger partial charge in [-0.2, -0.15) is 0 Å². The van der Waals surface area contributed by atoms with Crippen molar-refractivity contribution in [3.05, 3.63) is 23.8 Å². The topological polar surface area (TPSA) is 66.8 Å². The number of hydrogen-bond acceptors (Lipinski definition) is 4. The number of esters is 1. The summed E-state index contributed by atoms with van der Waals surface area (Å²) in [5.74, 6) is 0.963. The Morgan fingerprint density at radius 3 is 2.88 bits per heavy atom. The number of carbonyl (C=O) groups excluding carboxylic acids is 1. The van der Waals surface area contributed by atoms with Crippen molar-refractivity contribution < 1.29 is 19.7 Å². The molecule has 4 heteroatoms. The van der Waals surface area contributed by atoms with Gasteiger partial charge in [0.2, 0.25) is 0 Å². The maximum Gasteiger partial charge on any atom is 0.305 e. The van der Waals surface area contributed by atoms with E-state index < -0.39 is 0 Å². The van der Waals surface area contributed by atoms with Crippen molar-refractivity contribution in [2.45, 2.75) is 83.3 Å². The molecule has 148 valence electrons. The fourth-order valence-corrected chi connectivity index (χ4v) is 4.47. The molecule has 2 aliphatic rings. The first-order valence-corrected chi connectivity index (χ1v) is 10.4. The van der Waals surface area contributed by atoms with Gasteiger partial charge in [-0.25, -0.2) is 0 Å². The number of allylic oxidation sites excluding steroid dienone is 2. The molecular formula is C22H36O4. The van der Waals surface area contributed by atoms with E-state index in [1.54, 1.807) is 0 Å². The second-order valence-corrected chi connectivity index (χ2v) is 7.97. The van der Waals surface area contributed by atoms with Gasteiger partial charge >= 0.3 is 5.97 Å². The van der Waals surface area contributed by atoms with Crippen molar-refractivity contribution in [1.82, 2.24) is 0 Å². The molecular weight excluding hydrogens is 328 g/mol. The second-order valence-electron chi connectivity index (χ2n) is 7.97. The number of unbranched alkanes of at least 4 members (excludes halogenated alkanes) is 3. The van der Waals surface area contributed by atoms with Crippen LogP contribution in [-0.2, 0) is 9.53 Å². The lowest BCUT2D eigenvalue weighted by Crippen LogP contribution is -2.18. The quantitative estimate of drug-likeness (QED) is 0.328. The van der Waals surface area contributed by atoms with Gasteiger partial charge in [-0.05, 0) is 50.4 Å². The van der Waals surface area contributed by atoms with E-state index in [1.807, 2.05) is 6.08 Å². The molecule has 0 radical (unpaired) electrons. The summed E-state index contributed by atoms with van der Waals surface area (Å²) in [4.78, 5) is 11.2. The number of aliphatic hydroxyl groups excluding tert-OH is 2. The maximum atomic E-state index is 11.2. The summed E-state index contributed by atoms with van der Waals surface area (Å²) in [5.41, 5.74) is 1.47. The summed E-state index contributed by atoms with van der Waals surface area (Å²) >= 11 is 0. The fourth-order valence-electron chi connectivity index (χ4n) is 4.47. The Labute approximate surface area is 158 Å². The molecule has 2 aliphatic carbocycles. The Morgan fingerprint density at radius 1 is 1.35 bits per heavy atom. The highest BCUT2D eigenvalue weighted by atomic mass is 16.5. The first-order valence-electron chi connectivity index (χ1n) is 10.4. The van der Waals surface area contributed by atoms with E-state index >= 15 is 0 Å². The van der Waals surface area contributed by atoms with Gasteiger partial charge in [-0.15, -0.1) is 0 Å². The molecule has 2 N–H and O–H groups in total. The largest absolute Gasteiger partial charge is 0.469 e. The lowest BCUT2D eigenvalue weighted by molar-refractivity contribution is -0.140. The smallest absolute Gasteiger partial charge is 0.305 e. The summed E-state index contributed by atoms with van der Waals surface area (Å²) in [5, 5.41) is 20.5. The van der Waals surface area contributed by atoms with Crippen LogP contribution in [-0.4, -0.2) is 35.5 Å². The normalized spacial score (nSPS) is 29.0. The molecule has 0 spiro atoms. The summed E-state index contributed by atoms with van der Waals surface area (Å²) in [6, 6.07) is 0. The number of carbonyl (C=O) groups is 1. The molecule has 0 unspecified atom stereocenters. The highest BCUT2D eigenvalue weighted by molar-refractivity contribution is 5.68. The molecule has 1 fully saturated rings. The lowest BCUT2D eigenvalue weighted by atomic mass is 9.88. The van der Waals surface area contributed by atoms with Crippen LogP contribution in [0.1, 0.15) is 71.1 Å². The number of ether oxygens (including phenoxy) is 1. The van der Waals surface area contributed by atoms with Crippen molar-refractivity contribution in [3.63, 3.8) is 0 Å². The first-order chi connectivity index (χ1) is 12.5. The molecule has 0 amide bonds. The zero-order valence-electron chi connectivity index (χ0n) is 16.4. The fraction of sp³-hybridized carbons (Fsp3) is 0.773. The summed E-state index contributed by atoms with van der Waals surface area (Å²) in [6.07, 6.45) is 15.1. The molecule has 0 bridgehead atoms. The van der Waals surface area contributed by atoms with Gasteiger partial charge in [-0.1, -0.05) is 50.0 Å². The van der Waals surface area contributed by atoms with Crippen LogP contribution in [0, 0.1) is 17.8 Å². The van der Waals surface area contributed by atoms with Crippen LogP contribution in [0.15, 0.2) is 23.8 Å².